The molecule has 1 N–H and O–H groups in total. The molecule has 2 rings (SSSR count). The van der Waals surface area contributed by atoms with E-state index in [2.05, 4.69) is 10.2 Å². The Labute approximate surface area is 119 Å². The van der Waals surface area contributed by atoms with Crippen LogP contribution in [0.1, 0.15) is 31.7 Å². The van der Waals surface area contributed by atoms with Crippen molar-refractivity contribution in [2.45, 2.75) is 38.8 Å². The van der Waals surface area contributed by atoms with Crippen molar-refractivity contribution in [3.8, 4) is 0 Å². The van der Waals surface area contributed by atoms with Crippen LogP contribution in [0.25, 0.3) is 0 Å². The summed E-state index contributed by atoms with van der Waals surface area (Å²) in [5.41, 5.74) is 1.07. The monoisotopic (exact) mass is 280 g/mol. The van der Waals surface area contributed by atoms with Crippen molar-refractivity contribution in [3.63, 3.8) is 0 Å². The first-order valence-electron chi connectivity index (χ1n) is 6.93. The second-order valence-electron chi connectivity index (χ2n) is 5.12. The molecular weight excluding hydrogens is 260 g/mol. The summed E-state index contributed by atoms with van der Waals surface area (Å²) in [6, 6.07) is 7.53. The van der Waals surface area contributed by atoms with Crippen LogP contribution in [-0.4, -0.2) is 29.9 Å². The number of hydrogen-bond donors (Lipinski definition) is 1. The van der Waals surface area contributed by atoms with Crippen LogP contribution in [0.2, 0.25) is 5.02 Å². The molecule has 0 bridgehead atoms. The highest BCUT2D eigenvalue weighted by molar-refractivity contribution is 6.30. The van der Waals surface area contributed by atoms with Crippen molar-refractivity contribution in [1.29, 1.82) is 0 Å². The summed E-state index contributed by atoms with van der Waals surface area (Å²) in [5.74, 6) is 0.108. The first-order valence-corrected chi connectivity index (χ1v) is 7.31. The van der Waals surface area contributed by atoms with E-state index in [1.54, 1.807) is 0 Å². The van der Waals surface area contributed by atoms with Gasteiger partial charge in [-0.15, -0.1) is 0 Å². The topological polar surface area (TPSA) is 32.3 Å². The van der Waals surface area contributed by atoms with Gasteiger partial charge in [0, 0.05) is 11.6 Å². The number of hydrogen-bond acceptors (Lipinski definition) is 2. The lowest BCUT2D eigenvalue weighted by Crippen LogP contribution is -2.46. The highest BCUT2D eigenvalue weighted by atomic mass is 35.5. The van der Waals surface area contributed by atoms with Crippen LogP contribution in [0.5, 0.6) is 0 Å². The number of nitrogens with zero attached hydrogens (tertiary/aromatic N) is 1. The van der Waals surface area contributed by atoms with Gasteiger partial charge in [0.15, 0.2) is 0 Å². The fourth-order valence-electron chi connectivity index (χ4n) is 2.41. The Kier molecular flexibility index (Phi) is 5.23. The highest BCUT2D eigenvalue weighted by Gasteiger charge is 2.22. The van der Waals surface area contributed by atoms with Crippen LogP contribution in [0.15, 0.2) is 24.3 Å². The molecule has 1 aliphatic heterocycles. The molecule has 0 aromatic heterocycles. The number of rotatable bonds is 4. The van der Waals surface area contributed by atoms with Crippen molar-refractivity contribution >= 4 is 17.5 Å². The molecule has 1 atom stereocenters. The Morgan fingerprint density at radius 2 is 1.89 bits per heavy atom. The lowest BCUT2D eigenvalue weighted by atomic mass is 10.1. The Bertz CT molecular complexity index is 413. The van der Waals surface area contributed by atoms with Crippen molar-refractivity contribution in [1.82, 2.24) is 10.2 Å². The largest absolute Gasteiger partial charge is 0.351 e. The maximum atomic E-state index is 12.1. The summed E-state index contributed by atoms with van der Waals surface area (Å²) >= 11 is 5.83. The first-order chi connectivity index (χ1) is 9.16. The molecule has 1 aromatic carbocycles. The van der Waals surface area contributed by atoms with E-state index in [0.29, 0.717) is 6.54 Å². The number of carbonyl (C=O) groups excluding carboxylic acids is 1. The standard InChI is InChI=1S/C15H21ClN2O/c1-12(18-9-3-2-4-10-18)15(19)17-11-13-5-7-14(16)8-6-13/h5-8,12H,2-4,9-11H2,1H3,(H,17,19)/t12-/m1/s1. The Balaban J connectivity index is 1.81. The van der Waals surface area contributed by atoms with Crippen molar-refractivity contribution in [3.05, 3.63) is 34.9 Å². The molecule has 3 nitrogen and oxygen atoms in total. The molecule has 1 heterocycles. The van der Waals surface area contributed by atoms with E-state index < -0.39 is 0 Å². The third kappa shape index (κ3) is 4.22. The highest BCUT2D eigenvalue weighted by Crippen LogP contribution is 2.12. The molecule has 1 saturated heterocycles. The summed E-state index contributed by atoms with van der Waals surface area (Å²) in [6.45, 7) is 4.63. The molecule has 0 unspecified atom stereocenters. The zero-order valence-electron chi connectivity index (χ0n) is 11.4. The molecule has 1 fully saturated rings. The SMILES string of the molecule is C[C@H](C(=O)NCc1ccc(Cl)cc1)N1CCCCC1. The van der Waals surface area contributed by atoms with E-state index >= 15 is 0 Å². The second kappa shape index (κ2) is 6.92. The van der Waals surface area contributed by atoms with Gasteiger partial charge < -0.3 is 5.32 Å². The summed E-state index contributed by atoms with van der Waals surface area (Å²) in [7, 11) is 0. The van der Waals surface area contributed by atoms with Gasteiger partial charge in [-0.25, -0.2) is 0 Å². The summed E-state index contributed by atoms with van der Waals surface area (Å²) in [4.78, 5) is 14.4. The van der Waals surface area contributed by atoms with Crippen LogP contribution in [-0.2, 0) is 11.3 Å². The minimum Gasteiger partial charge on any atom is -0.351 e. The van der Waals surface area contributed by atoms with Crippen LogP contribution >= 0.6 is 11.6 Å². The maximum Gasteiger partial charge on any atom is 0.237 e. The van der Waals surface area contributed by atoms with Gasteiger partial charge in [0.25, 0.3) is 0 Å². The van der Waals surface area contributed by atoms with E-state index in [1.165, 1.54) is 19.3 Å². The minimum atomic E-state index is -0.0346. The molecule has 1 aliphatic rings. The minimum absolute atomic E-state index is 0.0346. The number of piperidine rings is 1. The summed E-state index contributed by atoms with van der Waals surface area (Å²) in [6.07, 6.45) is 3.69. The third-order valence-electron chi connectivity index (χ3n) is 3.70. The Morgan fingerprint density at radius 3 is 2.53 bits per heavy atom. The van der Waals surface area contributed by atoms with Gasteiger partial charge in [-0.3, -0.25) is 9.69 Å². The number of nitrogens with one attached hydrogen (secondary N) is 1. The average molecular weight is 281 g/mol. The fraction of sp³-hybridized carbons (Fsp3) is 0.533. The van der Waals surface area contributed by atoms with E-state index in [1.807, 2.05) is 31.2 Å². The van der Waals surface area contributed by atoms with Crippen molar-refractivity contribution < 1.29 is 4.79 Å². The van der Waals surface area contributed by atoms with Gasteiger partial charge in [0.05, 0.1) is 6.04 Å². The molecule has 104 valence electrons. The molecule has 0 spiro atoms. The molecule has 4 heteroatoms. The lowest BCUT2D eigenvalue weighted by Gasteiger charge is -2.31. The molecule has 19 heavy (non-hydrogen) atoms. The molecule has 1 amide bonds. The number of likely N-dealkylation sites (tertiary alicyclic amines) is 1. The van der Waals surface area contributed by atoms with E-state index in [9.17, 15) is 4.79 Å². The van der Waals surface area contributed by atoms with Crippen LogP contribution in [0.3, 0.4) is 0 Å². The average Bonchev–Trinajstić information content (AvgIpc) is 2.46. The molecule has 1 aromatic rings. The van der Waals surface area contributed by atoms with Crippen LogP contribution < -0.4 is 5.32 Å². The van der Waals surface area contributed by atoms with Gasteiger partial charge in [-0.2, -0.15) is 0 Å². The molecule has 0 radical (unpaired) electrons. The van der Waals surface area contributed by atoms with Crippen LogP contribution in [0.4, 0.5) is 0 Å². The quantitative estimate of drug-likeness (QED) is 0.920. The zero-order chi connectivity index (χ0) is 13.7. The van der Waals surface area contributed by atoms with Crippen molar-refractivity contribution in [2.24, 2.45) is 0 Å². The number of halogens is 1. The van der Waals surface area contributed by atoms with Gasteiger partial charge in [0.1, 0.15) is 0 Å². The second-order valence-corrected chi connectivity index (χ2v) is 5.55. The Morgan fingerprint density at radius 1 is 1.26 bits per heavy atom. The van der Waals surface area contributed by atoms with Crippen molar-refractivity contribution in [2.75, 3.05) is 13.1 Å². The molecular formula is C15H21ClN2O. The first kappa shape index (κ1) is 14.4. The Hall–Kier alpha value is -1.06. The number of carbonyl (C=O) groups is 1. The van der Waals surface area contributed by atoms with Crippen LogP contribution in [0, 0.1) is 0 Å². The summed E-state index contributed by atoms with van der Waals surface area (Å²) < 4.78 is 0. The van der Waals surface area contributed by atoms with E-state index in [0.717, 1.165) is 23.7 Å². The number of benzene rings is 1. The third-order valence-corrected chi connectivity index (χ3v) is 3.95. The van der Waals surface area contributed by atoms with E-state index in [-0.39, 0.29) is 11.9 Å². The summed E-state index contributed by atoms with van der Waals surface area (Å²) in [5, 5.41) is 3.71. The lowest BCUT2D eigenvalue weighted by molar-refractivity contribution is -0.126. The van der Waals surface area contributed by atoms with Gasteiger partial charge >= 0.3 is 0 Å². The van der Waals surface area contributed by atoms with Gasteiger partial charge in [0.2, 0.25) is 5.91 Å². The maximum absolute atomic E-state index is 12.1. The predicted molar refractivity (Wildman–Crippen MR) is 78.2 cm³/mol. The smallest absolute Gasteiger partial charge is 0.237 e. The zero-order valence-corrected chi connectivity index (χ0v) is 12.1. The van der Waals surface area contributed by atoms with Gasteiger partial charge in [-0.1, -0.05) is 30.2 Å². The predicted octanol–water partition coefficient (Wildman–Crippen LogP) is 2.83. The molecule has 0 aliphatic carbocycles. The van der Waals surface area contributed by atoms with E-state index in [4.69, 9.17) is 11.6 Å². The normalized spacial score (nSPS) is 18.0. The van der Waals surface area contributed by atoms with Gasteiger partial charge in [-0.05, 0) is 50.6 Å². The fourth-order valence-corrected chi connectivity index (χ4v) is 2.54. The number of amides is 1. The molecule has 0 saturated carbocycles.